The average molecular weight is 169 g/mol. The van der Waals surface area contributed by atoms with Crippen LogP contribution in [0, 0.1) is 6.92 Å². The third-order valence-electron chi connectivity index (χ3n) is 1.44. The Bertz CT molecular complexity index is 267. The summed E-state index contributed by atoms with van der Waals surface area (Å²) in [6.07, 6.45) is -0.404. The number of aryl methyl sites for hydroxylation is 1. The second-order valence-corrected chi connectivity index (χ2v) is 2.49. The lowest BCUT2D eigenvalue weighted by molar-refractivity contribution is 0.194. The van der Waals surface area contributed by atoms with Gasteiger partial charge in [0.2, 0.25) is 0 Å². The number of hydrogen-bond acceptors (Lipinski definition) is 2. The minimum atomic E-state index is -1.00. The van der Waals surface area contributed by atoms with Crippen molar-refractivity contribution in [3.63, 3.8) is 0 Å². The zero-order chi connectivity index (χ0) is 8.97. The van der Waals surface area contributed by atoms with Crippen LogP contribution in [0.2, 0.25) is 0 Å². The molecule has 66 valence electrons. The van der Waals surface area contributed by atoms with E-state index in [4.69, 9.17) is 9.52 Å². The Labute approximate surface area is 70.2 Å². The highest BCUT2D eigenvalue weighted by atomic mass is 16.4. The van der Waals surface area contributed by atoms with Crippen LogP contribution in [0.15, 0.2) is 16.5 Å². The molecule has 0 atom stereocenters. The van der Waals surface area contributed by atoms with Crippen LogP contribution in [0.5, 0.6) is 0 Å². The second-order valence-electron chi connectivity index (χ2n) is 2.49. The third kappa shape index (κ3) is 2.65. The maximum absolute atomic E-state index is 10.1. The van der Waals surface area contributed by atoms with E-state index in [2.05, 4.69) is 5.32 Å². The first kappa shape index (κ1) is 8.64. The van der Waals surface area contributed by atoms with Gasteiger partial charge in [-0.3, -0.25) is 0 Å². The standard InChI is InChI=1S/C8H11NO3/c1-6-2-3-7(12-6)4-5-9-8(10)11/h2-3,9H,4-5H2,1H3,(H,10,11). The van der Waals surface area contributed by atoms with Gasteiger partial charge in [-0.2, -0.15) is 0 Å². The van der Waals surface area contributed by atoms with E-state index in [1.807, 2.05) is 19.1 Å². The lowest BCUT2D eigenvalue weighted by Gasteiger charge is -1.96. The molecule has 0 aromatic carbocycles. The molecule has 0 saturated heterocycles. The SMILES string of the molecule is Cc1ccc(CCNC(=O)O)o1. The van der Waals surface area contributed by atoms with Gasteiger partial charge in [0.1, 0.15) is 11.5 Å². The number of rotatable bonds is 3. The van der Waals surface area contributed by atoms with Crippen molar-refractivity contribution in [3.05, 3.63) is 23.7 Å². The van der Waals surface area contributed by atoms with Crippen LogP contribution in [0.25, 0.3) is 0 Å². The average Bonchev–Trinajstić information content (AvgIpc) is 2.35. The summed E-state index contributed by atoms with van der Waals surface area (Å²) in [6.45, 7) is 2.25. The largest absolute Gasteiger partial charge is 0.466 e. The summed E-state index contributed by atoms with van der Waals surface area (Å²) in [5, 5.41) is 10.5. The molecule has 1 aromatic heterocycles. The fraction of sp³-hybridized carbons (Fsp3) is 0.375. The van der Waals surface area contributed by atoms with Crippen molar-refractivity contribution in [1.29, 1.82) is 0 Å². The first-order chi connectivity index (χ1) is 5.68. The van der Waals surface area contributed by atoms with Crippen LogP contribution < -0.4 is 5.32 Å². The summed E-state index contributed by atoms with van der Waals surface area (Å²) in [7, 11) is 0. The molecule has 0 fully saturated rings. The van der Waals surface area contributed by atoms with Gasteiger partial charge in [-0.25, -0.2) is 4.79 Å². The summed E-state index contributed by atoms with van der Waals surface area (Å²) >= 11 is 0. The summed E-state index contributed by atoms with van der Waals surface area (Å²) in [5.74, 6) is 1.65. The van der Waals surface area contributed by atoms with Crippen LogP contribution in [0.3, 0.4) is 0 Å². The van der Waals surface area contributed by atoms with E-state index in [9.17, 15) is 4.79 Å². The van der Waals surface area contributed by atoms with E-state index in [0.717, 1.165) is 11.5 Å². The molecule has 0 aliphatic heterocycles. The van der Waals surface area contributed by atoms with Crippen LogP contribution in [0.1, 0.15) is 11.5 Å². The summed E-state index contributed by atoms with van der Waals surface area (Å²) in [6, 6.07) is 3.70. The predicted octanol–water partition coefficient (Wildman–Crippen LogP) is 1.40. The van der Waals surface area contributed by atoms with Crippen molar-refractivity contribution >= 4 is 6.09 Å². The molecule has 2 N–H and O–H groups in total. The number of carboxylic acid groups (broad SMARTS) is 1. The molecule has 4 nitrogen and oxygen atoms in total. The number of nitrogens with one attached hydrogen (secondary N) is 1. The van der Waals surface area contributed by atoms with Crippen molar-refractivity contribution < 1.29 is 14.3 Å². The minimum absolute atomic E-state index is 0.391. The molecule has 0 aliphatic carbocycles. The number of furan rings is 1. The Balaban J connectivity index is 2.29. The maximum Gasteiger partial charge on any atom is 0.404 e. The molecular formula is C8H11NO3. The summed E-state index contributed by atoms with van der Waals surface area (Å²) < 4.78 is 5.23. The third-order valence-corrected chi connectivity index (χ3v) is 1.44. The Morgan fingerprint density at radius 1 is 1.67 bits per heavy atom. The van der Waals surface area contributed by atoms with Gasteiger partial charge in [-0.05, 0) is 19.1 Å². The fourth-order valence-electron chi connectivity index (χ4n) is 0.912. The van der Waals surface area contributed by atoms with Crippen molar-refractivity contribution in [1.82, 2.24) is 5.32 Å². The first-order valence-corrected chi connectivity index (χ1v) is 3.70. The Morgan fingerprint density at radius 2 is 2.42 bits per heavy atom. The topological polar surface area (TPSA) is 62.5 Å². The van der Waals surface area contributed by atoms with Gasteiger partial charge in [0.25, 0.3) is 0 Å². The molecule has 1 aromatic rings. The van der Waals surface area contributed by atoms with Crippen LogP contribution >= 0.6 is 0 Å². The summed E-state index contributed by atoms with van der Waals surface area (Å²) in [5.41, 5.74) is 0. The number of carbonyl (C=O) groups is 1. The molecule has 0 spiro atoms. The molecule has 12 heavy (non-hydrogen) atoms. The lowest BCUT2D eigenvalue weighted by Crippen LogP contribution is -2.23. The van der Waals surface area contributed by atoms with Gasteiger partial charge in [-0.15, -0.1) is 0 Å². The number of amides is 1. The molecule has 0 bridgehead atoms. The Hall–Kier alpha value is -1.45. The van der Waals surface area contributed by atoms with Gasteiger partial charge in [0.05, 0.1) is 0 Å². The van der Waals surface area contributed by atoms with E-state index >= 15 is 0 Å². The quantitative estimate of drug-likeness (QED) is 0.718. The normalized spacial score (nSPS) is 9.75. The smallest absolute Gasteiger partial charge is 0.404 e. The first-order valence-electron chi connectivity index (χ1n) is 3.70. The van der Waals surface area contributed by atoms with Gasteiger partial charge in [0.15, 0.2) is 0 Å². The van der Waals surface area contributed by atoms with Gasteiger partial charge >= 0.3 is 6.09 Å². The molecule has 1 rings (SSSR count). The van der Waals surface area contributed by atoms with Gasteiger partial charge in [-0.1, -0.05) is 0 Å². The van der Waals surface area contributed by atoms with E-state index in [-0.39, 0.29) is 0 Å². The fourth-order valence-corrected chi connectivity index (χ4v) is 0.912. The molecule has 4 heteroatoms. The highest BCUT2D eigenvalue weighted by molar-refractivity contribution is 5.64. The second kappa shape index (κ2) is 3.80. The summed E-state index contributed by atoms with van der Waals surface area (Å²) in [4.78, 5) is 10.1. The van der Waals surface area contributed by atoms with Crippen molar-refractivity contribution in [2.45, 2.75) is 13.3 Å². The maximum atomic E-state index is 10.1. The highest BCUT2D eigenvalue weighted by Gasteiger charge is 1.99. The molecule has 0 radical (unpaired) electrons. The zero-order valence-electron chi connectivity index (χ0n) is 6.83. The Kier molecular flexibility index (Phi) is 2.74. The minimum Gasteiger partial charge on any atom is -0.466 e. The molecule has 0 aliphatic rings. The van der Waals surface area contributed by atoms with Crippen LogP contribution in [-0.4, -0.2) is 17.7 Å². The molecular weight excluding hydrogens is 158 g/mol. The Morgan fingerprint density at radius 3 is 2.92 bits per heavy atom. The van der Waals surface area contributed by atoms with Crippen LogP contribution in [-0.2, 0) is 6.42 Å². The van der Waals surface area contributed by atoms with Crippen molar-refractivity contribution in [3.8, 4) is 0 Å². The molecule has 1 heterocycles. The molecule has 0 saturated carbocycles. The number of hydrogen-bond donors (Lipinski definition) is 2. The zero-order valence-corrected chi connectivity index (χ0v) is 6.83. The highest BCUT2D eigenvalue weighted by Crippen LogP contribution is 2.05. The van der Waals surface area contributed by atoms with Gasteiger partial charge in [0, 0.05) is 13.0 Å². The monoisotopic (exact) mass is 169 g/mol. The van der Waals surface area contributed by atoms with E-state index < -0.39 is 6.09 Å². The lowest BCUT2D eigenvalue weighted by atomic mass is 10.3. The van der Waals surface area contributed by atoms with Gasteiger partial charge < -0.3 is 14.8 Å². The predicted molar refractivity (Wildman–Crippen MR) is 43.2 cm³/mol. The van der Waals surface area contributed by atoms with E-state index in [1.165, 1.54) is 0 Å². The molecule has 1 amide bonds. The van der Waals surface area contributed by atoms with Crippen molar-refractivity contribution in [2.75, 3.05) is 6.54 Å². The van der Waals surface area contributed by atoms with Crippen molar-refractivity contribution in [2.24, 2.45) is 0 Å². The van der Waals surface area contributed by atoms with E-state index in [1.54, 1.807) is 0 Å². The molecule has 0 unspecified atom stereocenters. The van der Waals surface area contributed by atoms with Crippen LogP contribution in [0.4, 0.5) is 4.79 Å². The van der Waals surface area contributed by atoms with E-state index in [0.29, 0.717) is 13.0 Å².